The van der Waals surface area contributed by atoms with E-state index in [1.165, 1.54) is 13.0 Å². The molecule has 0 heterocycles. The summed E-state index contributed by atoms with van der Waals surface area (Å²) in [5.41, 5.74) is -5.43. The van der Waals surface area contributed by atoms with Gasteiger partial charge in [0.2, 0.25) is 0 Å². The fourth-order valence-electron chi connectivity index (χ4n) is 0.652. The maximum absolute atomic E-state index is 11.9. The van der Waals surface area contributed by atoms with Crippen LogP contribution in [0.2, 0.25) is 0 Å². The highest BCUT2D eigenvalue weighted by atomic mass is 32.2. The molecule has 0 spiro atoms. The van der Waals surface area contributed by atoms with Gasteiger partial charge in [-0.15, -0.1) is 6.58 Å². The third-order valence-electron chi connectivity index (χ3n) is 1.57. The number of hydrogen-bond acceptors (Lipinski definition) is 3. The number of allylic oxidation sites excluding steroid dienone is 2. The van der Waals surface area contributed by atoms with E-state index in [-0.39, 0.29) is 6.42 Å². The number of rotatable bonds is 5. The molecule has 7 heteroatoms. The SMILES string of the molecule is C=CCC(C)C(=C)OS(=O)(=O)C(F)(F)F. The van der Waals surface area contributed by atoms with Crippen molar-refractivity contribution < 1.29 is 25.8 Å². The summed E-state index contributed by atoms with van der Waals surface area (Å²) >= 11 is 0. The first-order chi connectivity index (χ1) is 6.62. The van der Waals surface area contributed by atoms with E-state index in [2.05, 4.69) is 17.3 Å². The average molecular weight is 244 g/mol. The molecule has 0 rings (SSSR count). The van der Waals surface area contributed by atoms with Gasteiger partial charge in [-0.2, -0.15) is 21.6 Å². The summed E-state index contributed by atoms with van der Waals surface area (Å²) < 4.78 is 60.5. The molecular formula is C8H11F3O3S. The summed E-state index contributed by atoms with van der Waals surface area (Å²) in [4.78, 5) is 0. The standard InChI is InChI=1S/C8H11F3O3S/c1-4-5-6(2)7(3)14-15(12,13)8(9,10)11/h4,6H,1,3,5H2,2H3. The van der Waals surface area contributed by atoms with Crippen LogP contribution in [0.1, 0.15) is 13.3 Å². The van der Waals surface area contributed by atoms with Crippen molar-refractivity contribution in [2.45, 2.75) is 18.9 Å². The molecule has 88 valence electrons. The molecule has 15 heavy (non-hydrogen) atoms. The van der Waals surface area contributed by atoms with Crippen molar-refractivity contribution in [1.29, 1.82) is 0 Å². The summed E-state index contributed by atoms with van der Waals surface area (Å²) in [6.07, 6.45) is 1.71. The van der Waals surface area contributed by atoms with Crippen LogP contribution in [0.5, 0.6) is 0 Å². The first-order valence-corrected chi connectivity index (χ1v) is 5.33. The Morgan fingerprint density at radius 3 is 2.33 bits per heavy atom. The molecule has 0 fully saturated rings. The van der Waals surface area contributed by atoms with Crippen LogP contribution in [0.15, 0.2) is 25.0 Å². The Kier molecular flexibility index (Phi) is 4.39. The minimum absolute atomic E-state index is 0.284. The summed E-state index contributed by atoms with van der Waals surface area (Å²) in [6.45, 7) is 7.96. The molecule has 0 aliphatic heterocycles. The molecule has 0 N–H and O–H groups in total. The Balaban J connectivity index is 4.63. The van der Waals surface area contributed by atoms with Crippen molar-refractivity contribution in [2.75, 3.05) is 0 Å². The van der Waals surface area contributed by atoms with Gasteiger partial charge in [-0.3, -0.25) is 0 Å². The predicted molar refractivity (Wildman–Crippen MR) is 49.2 cm³/mol. The fourth-order valence-corrected chi connectivity index (χ4v) is 1.19. The minimum Gasteiger partial charge on any atom is -0.381 e. The van der Waals surface area contributed by atoms with Gasteiger partial charge in [0, 0.05) is 5.92 Å². The van der Waals surface area contributed by atoms with Gasteiger partial charge in [0.05, 0.1) is 0 Å². The van der Waals surface area contributed by atoms with Gasteiger partial charge in [0.15, 0.2) is 0 Å². The monoisotopic (exact) mass is 244 g/mol. The number of alkyl halides is 3. The number of hydrogen-bond donors (Lipinski definition) is 0. The van der Waals surface area contributed by atoms with Crippen LogP contribution >= 0.6 is 0 Å². The maximum Gasteiger partial charge on any atom is 0.534 e. The van der Waals surface area contributed by atoms with Crippen LogP contribution in [-0.2, 0) is 14.3 Å². The molecule has 1 unspecified atom stereocenters. The lowest BCUT2D eigenvalue weighted by atomic mass is 10.1. The second-order valence-electron chi connectivity index (χ2n) is 2.87. The van der Waals surface area contributed by atoms with E-state index in [4.69, 9.17) is 0 Å². The van der Waals surface area contributed by atoms with Crippen LogP contribution in [0, 0.1) is 5.92 Å². The molecule has 0 aliphatic rings. The Morgan fingerprint density at radius 2 is 2.00 bits per heavy atom. The molecule has 0 aromatic carbocycles. The van der Waals surface area contributed by atoms with Crippen molar-refractivity contribution in [3.05, 3.63) is 25.0 Å². The lowest BCUT2D eigenvalue weighted by Gasteiger charge is -2.15. The molecular weight excluding hydrogens is 233 g/mol. The van der Waals surface area contributed by atoms with Crippen molar-refractivity contribution >= 4 is 10.1 Å². The van der Waals surface area contributed by atoms with E-state index in [1.807, 2.05) is 0 Å². The van der Waals surface area contributed by atoms with Crippen molar-refractivity contribution in [1.82, 2.24) is 0 Å². The van der Waals surface area contributed by atoms with Gasteiger partial charge in [-0.25, -0.2) is 0 Å². The third-order valence-corrected chi connectivity index (χ3v) is 2.57. The fraction of sp³-hybridized carbons (Fsp3) is 0.500. The highest BCUT2D eigenvalue weighted by molar-refractivity contribution is 7.87. The summed E-state index contributed by atoms with van der Waals surface area (Å²) in [5, 5.41) is 0. The molecule has 0 bridgehead atoms. The lowest BCUT2D eigenvalue weighted by molar-refractivity contribution is -0.0526. The van der Waals surface area contributed by atoms with Crippen molar-refractivity contribution in [3.8, 4) is 0 Å². The zero-order chi connectivity index (χ0) is 12.3. The number of halogens is 3. The Bertz CT molecular complexity index is 343. The molecule has 1 atom stereocenters. The van der Waals surface area contributed by atoms with E-state index in [0.717, 1.165) is 0 Å². The van der Waals surface area contributed by atoms with Gasteiger partial charge < -0.3 is 4.18 Å². The highest BCUT2D eigenvalue weighted by Crippen LogP contribution is 2.28. The lowest BCUT2D eigenvalue weighted by Crippen LogP contribution is -2.26. The highest BCUT2D eigenvalue weighted by Gasteiger charge is 2.48. The first-order valence-electron chi connectivity index (χ1n) is 3.92. The van der Waals surface area contributed by atoms with Crippen LogP contribution in [0.25, 0.3) is 0 Å². The molecule has 0 aromatic heterocycles. The molecule has 0 amide bonds. The van der Waals surface area contributed by atoms with Crippen LogP contribution < -0.4 is 0 Å². The second kappa shape index (κ2) is 4.69. The van der Waals surface area contributed by atoms with Gasteiger partial charge in [0.1, 0.15) is 5.76 Å². The second-order valence-corrected chi connectivity index (χ2v) is 4.41. The summed E-state index contributed by atoms with van der Waals surface area (Å²) in [7, 11) is -5.59. The van der Waals surface area contributed by atoms with Crippen molar-refractivity contribution in [2.24, 2.45) is 5.92 Å². The Hall–Kier alpha value is -0.980. The van der Waals surface area contributed by atoms with Gasteiger partial charge in [-0.1, -0.05) is 19.6 Å². The smallest absolute Gasteiger partial charge is 0.381 e. The van der Waals surface area contributed by atoms with Gasteiger partial charge >= 0.3 is 15.6 Å². The molecule has 0 aromatic rings. The molecule has 0 saturated carbocycles. The van der Waals surface area contributed by atoms with Crippen molar-refractivity contribution in [3.63, 3.8) is 0 Å². The molecule has 0 aliphatic carbocycles. The predicted octanol–water partition coefficient (Wildman–Crippen LogP) is 2.58. The zero-order valence-electron chi connectivity index (χ0n) is 8.04. The minimum atomic E-state index is -5.59. The molecule has 0 saturated heterocycles. The molecule has 0 radical (unpaired) electrons. The largest absolute Gasteiger partial charge is 0.534 e. The third kappa shape index (κ3) is 3.94. The zero-order valence-corrected chi connectivity index (χ0v) is 8.86. The van der Waals surface area contributed by atoms with Gasteiger partial charge in [-0.05, 0) is 6.42 Å². The van der Waals surface area contributed by atoms with E-state index < -0.39 is 27.3 Å². The van der Waals surface area contributed by atoms with Crippen LogP contribution in [0.3, 0.4) is 0 Å². The van der Waals surface area contributed by atoms with E-state index in [0.29, 0.717) is 0 Å². The summed E-state index contributed by atoms with van der Waals surface area (Å²) in [5.74, 6) is -0.994. The maximum atomic E-state index is 11.9. The topological polar surface area (TPSA) is 43.4 Å². The quantitative estimate of drug-likeness (QED) is 0.323. The van der Waals surface area contributed by atoms with Gasteiger partial charge in [0.25, 0.3) is 0 Å². The average Bonchev–Trinajstić information content (AvgIpc) is 2.01. The van der Waals surface area contributed by atoms with Crippen LogP contribution in [0.4, 0.5) is 13.2 Å². The van der Waals surface area contributed by atoms with E-state index in [1.54, 1.807) is 0 Å². The normalized spacial score (nSPS) is 14.4. The Labute approximate surface area is 86.4 Å². The van der Waals surface area contributed by atoms with E-state index in [9.17, 15) is 21.6 Å². The first kappa shape index (κ1) is 14.0. The van der Waals surface area contributed by atoms with Crippen LogP contribution in [-0.4, -0.2) is 13.9 Å². The van der Waals surface area contributed by atoms with E-state index >= 15 is 0 Å². The summed E-state index contributed by atoms with van der Waals surface area (Å²) in [6, 6.07) is 0. The Morgan fingerprint density at radius 1 is 1.53 bits per heavy atom. The molecule has 3 nitrogen and oxygen atoms in total.